The third-order valence-corrected chi connectivity index (χ3v) is 3.74. The van der Waals surface area contributed by atoms with Crippen LogP contribution in [0.4, 0.5) is 0 Å². The Morgan fingerprint density at radius 3 is 2.00 bits per heavy atom. The molecule has 62 valence electrons. The quantitative estimate of drug-likeness (QED) is 0.579. The van der Waals surface area contributed by atoms with E-state index in [1.54, 1.807) is 0 Å². The summed E-state index contributed by atoms with van der Waals surface area (Å²) in [4.78, 5) is 16.1. The molecule has 0 aromatic heterocycles. The van der Waals surface area contributed by atoms with Crippen LogP contribution in [0.3, 0.4) is 0 Å². The van der Waals surface area contributed by atoms with Gasteiger partial charge in [-0.15, -0.1) is 0 Å². The Morgan fingerprint density at radius 1 is 1.50 bits per heavy atom. The number of hydrogen-bond donors (Lipinski definition) is 2. The molecular weight excluding hydrogens is 183 g/mol. The summed E-state index contributed by atoms with van der Waals surface area (Å²) < 4.78 is 34.4. The lowest BCUT2D eigenvalue weighted by molar-refractivity contribution is 0.326. The summed E-state index contributed by atoms with van der Waals surface area (Å²) >= 11 is 0. The van der Waals surface area contributed by atoms with Crippen molar-refractivity contribution < 1.29 is 27.0 Å². The van der Waals surface area contributed by atoms with Gasteiger partial charge in [0.15, 0.2) is 0 Å². The molecule has 0 fully saturated rings. The van der Waals surface area contributed by atoms with Crippen LogP contribution in [0.25, 0.3) is 0 Å². The van der Waals surface area contributed by atoms with Gasteiger partial charge in [-0.1, -0.05) is 0 Å². The van der Waals surface area contributed by atoms with E-state index in [0.29, 0.717) is 0 Å². The van der Waals surface area contributed by atoms with Crippen molar-refractivity contribution in [2.75, 3.05) is 6.61 Å². The Bertz CT molecular complexity index is 234. The average molecular weight is 190 g/mol. The van der Waals surface area contributed by atoms with Gasteiger partial charge in [-0.3, -0.25) is 4.18 Å². The lowest BCUT2D eigenvalue weighted by atomic mass is 10.9. The average Bonchev–Trinajstić information content (AvgIpc) is 1.61. The highest BCUT2D eigenvalue weighted by atomic mass is 32.8. The monoisotopic (exact) mass is 190 g/mol. The van der Waals surface area contributed by atoms with Crippen LogP contribution in [0, 0.1) is 0 Å². The fourth-order valence-corrected chi connectivity index (χ4v) is 1.38. The van der Waals surface area contributed by atoms with E-state index >= 15 is 0 Å². The lowest BCUT2D eigenvalue weighted by Gasteiger charge is -2.02. The SMILES string of the molecule is CCOS(=O)(=O)P(=O)(O)O. The van der Waals surface area contributed by atoms with Crippen LogP contribution in [-0.2, 0) is 18.5 Å². The predicted molar refractivity (Wildman–Crippen MR) is 32.6 cm³/mol. The molecule has 6 nitrogen and oxygen atoms in total. The first kappa shape index (κ1) is 10.1. The minimum atomic E-state index is -5.14. The van der Waals surface area contributed by atoms with Crippen molar-refractivity contribution >= 4 is 16.5 Å². The molecule has 2 N–H and O–H groups in total. The van der Waals surface area contributed by atoms with Gasteiger partial charge < -0.3 is 9.79 Å². The molecule has 0 saturated carbocycles. The standard InChI is InChI=1S/C2H7O6PS/c1-2-8-10(6,7)9(3,4)5/h2H2,1H3,(H2,3,4,5). The van der Waals surface area contributed by atoms with Gasteiger partial charge in [0.1, 0.15) is 0 Å². The second-order valence-electron chi connectivity index (χ2n) is 1.32. The summed E-state index contributed by atoms with van der Waals surface area (Å²) in [6.45, 7) is -4.11. The van der Waals surface area contributed by atoms with Crippen molar-refractivity contribution in [2.24, 2.45) is 0 Å². The van der Waals surface area contributed by atoms with Gasteiger partial charge in [0.05, 0.1) is 6.61 Å². The van der Waals surface area contributed by atoms with Crippen molar-refractivity contribution in [3.63, 3.8) is 0 Å². The van der Waals surface area contributed by atoms with E-state index in [1.807, 2.05) is 0 Å². The minimum Gasteiger partial charge on any atom is -0.312 e. The third kappa shape index (κ3) is 2.36. The van der Waals surface area contributed by atoms with Crippen LogP contribution >= 0.6 is 6.80 Å². The van der Waals surface area contributed by atoms with Gasteiger partial charge in [-0.25, -0.2) is 4.57 Å². The molecule has 0 spiro atoms. The molecule has 0 atom stereocenters. The van der Waals surface area contributed by atoms with E-state index < -0.39 is 16.5 Å². The van der Waals surface area contributed by atoms with Crippen LogP contribution in [0.15, 0.2) is 0 Å². The molecule has 8 heteroatoms. The molecule has 0 bridgehead atoms. The zero-order valence-electron chi connectivity index (χ0n) is 5.09. The normalized spacial score (nSPS) is 13.5. The molecule has 0 aromatic carbocycles. The molecule has 0 amide bonds. The van der Waals surface area contributed by atoms with E-state index in [4.69, 9.17) is 9.79 Å². The highest BCUT2D eigenvalue weighted by molar-refractivity contribution is 8.46. The van der Waals surface area contributed by atoms with E-state index in [0.717, 1.165) is 0 Å². The maximum absolute atomic E-state index is 10.3. The van der Waals surface area contributed by atoms with E-state index in [1.165, 1.54) is 6.92 Å². The third-order valence-electron chi connectivity index (χ3n) is 0.558. The summed E-state index contributed by atoms with van der Waals surface area (Å²) in [7, 11) is -4.68. The molecule has 0 rings (SSSR count). The fraction of sp³-hybridized carbons (Fsp3) is 1.00. The van der Waals surface area contributed by atoms with Gasteiger partial charge in [0, 0.05) is 0 Å². The second-order valence-corrected chi connectivity index (χ2v) is 6.17. The largest absolute Gasteiger partial charge is 0.466 e. The first-order chi connectivity index (χ1) is 4.31. The van der Waals surface area contributed by atoms with Crippen LogP contribution < -0.4 is 0 Å². The van der Waals surface area contributed by atoms with Crippen LogP contribution in [0.1, 0.15) is 6.92 Å². The van der Waals surface area contributed by atoms with Gasteiger partial charge >= 0.3 is 16.5 Å². The van der Waals surface area contributed by atoms with Crippen molar-refractivity contribution in [3.8, 4) is 0 Å². The molecule has 0 radical (unpaired) electrons. The smallest absolute Gasteiger partial charge is 0.312 e. The van der Waals surface area contributed by atoms with E-state index in [-0.39, 0.29) is 6.61 Å². The summed E-state index contributed by atoms with van der Waals surface area (Å²) in [6.07, 6.45) is 0. The van der Waals surface area contributed by atoms with E-state index in [9.17, 15) is 13.0 Å². The molecule has 0 heterocycles. The Hall–Kier alpha value is 0.0600. The Balaban J connectivity index is 4.61. The maximum atomic E-state index is 10.3. The first-order valence-electron chi connectivity index (χ1n) is 2.26. The number of hydrogen-bond acceptors (Lipinski definition) is 4. The Kier molecular flexibility index (Phi) is 3.00. The maximum Gasteiger partial charge on any atom is 0.466 e. The molecule has 0 unspecified atom stereocenters. The van der Waals surface area contributed by atoms with E-state index in [2.05, 4.69) is 4.18 Å². The summed E-state index contributed by atoms with van der Waals surface area (Å²) in [5.41, 5.74) is 0. The highest BCUT2D eigenvalue weighted by Gasteiger charge is 2.34. The van der Waals surface area contributed by atoms with Crippen LogP contribution in [0.2, 0.25) is 0 Å². The number of rotatable bonds is 3. The fourth-order valence-electron chi connectivity index (χ4n) is 0.218. The topological polar surface area (TPSA) is 101 Å². The van der Waals surface area contributed by atoms with Gasteiger partial charge in [-0.2, -0.15) is 8.42 Å². The zero-order valence-corrected chi connectivity index (χ0v) is 6.80. The Morgan fingerprint density at radius 2 is 1.90 bits per heavy atom. The van der Waals surface area contributed by atoms with Crippen molar-refractivity contribution in [2.45, 2.75) is 6.92 Å². The Labute approximate surface area is 57.9 Å². The molecular formula is C2H7O6PS. The van der Waals surface area contributed by atoms with Gasteiger partial charge in [0.25, 0.3) is 0 Å². The summed E-state index contributed by atoms with van der Waals surface area (Å²) in [5.74, 6) is 0. The predicted octanol–water partition coefficient (Wildman–Crippen LogP) is -0.555. The molecule has 0 aliphatic rings. The molecule has 0 aliphatic heterocycles. The molecule has 0 aromatic rings. The van der Waals surface area contributed by atoms with Crippen molar-refractivity contribution in [1.29, 1.82) is 0 Å². The van der Waals surface area contributed by atoms with Crippen molar-refractivity contribution in [1.82, 2.24) is 0 Å². The lowest BCUT2D eigenvalue weighted by Crippen LogP contribution is -2.04. The van der Waals surface area contributed by atoms with Crippen LogP contribution in [0.5, 0.6) is 0 Å². The first-order valence-corrected chi connectivity index (χ1v) is 5.89. The summed E-state index contributed by atoms with van der Waals surface area (Å²) in [6, 6.07) is 0. The molecule has 10 heavy (non-hydrogen) atoms. The molecule has 0 saturated heterocycles. The summed E-state index contributed by atoms with van der Waals surface area (Å²) in [5, 5.41) is 0. The van der Waals surface area contributed by atoms with Crippen molar-refractivity contribution in [3.05, 3.63) is 0 Å². The zero-order chi connectivity index (χ0) is 8.41. The second kappa shape index (κ2) is 2.98. The molecule has 0 aliphatic carbocycles. The van der Waals surface area contributed by atoms with Gasteiger partial charge in [-0.05, 0) is 6.92 Å². The van der Waals surface area contributed by atoms with Crippen LogP contribution in [-0.4, -0.2) is 24.8 Å². The minimum absolute atomic E-state index is 0.284. The highest BCUT2D eigenvalue weighted by Crippen LogP contribution is 2.43. The van der Waals surface area contributed by atoms with Gasteiger partial charge in [0.2, 0.25) is 0 Å².